The van der Waals surface area contributed by atoms with E-state index in [1.807, 2.05) is 0 Å². The quantitative estimate of drug-likeness (QED) is 0.671. The van der Waals surface area contributed by atoms with Crippen LogP contribution in [-0.2, 0) is 0 Å². The van der Waals surface area contributed by atoms with Crippen molar-refractivity contribution < 1.29 is 8.78 Å². The molecule has 4 heteroatoms. The van der Waals surface area contributed by atoms with E-state index in [0.29, 0.717) is 10.6 Å². The Balaban J connectivity index is 2.85. The molecular weight excluding hydrogens is 241 g/mol. The molecule has 0 N–H and O–H groups in total. The Hall–Kier alpha value is -0.340. The van der Waals surface area contributed by atoms with E-state index in [9.17, 15) is 8.78 Å². The Morgan fingerprint density at radius 2 is 1.67 bits per heavy atom. The molecule has 15 heavy (non-hydrogen) atoms. The molecule has 2 atom stereocenters. The number of rotatable bonds is 3. The molecule has 0 nitrogen and oxygen atoms in total. The van der Waals surface area contributed by atoms with Crippen LogP contribution in [0.2, 0.25) is 5.02 Å². The summed E-state index contributed by atoms with van der Waals surface area (Å²) in [6, 6.07) is 6.63. The molecule has 0 aliphatic carbocycles. The van der Waals surface area contributed by atoms with Gasteiger partial charge in [0, 0.05) is 10.9 Å². The maximum absolute atomic E-state index is 13.0. The van der Waals surface area contributed by atoms with E-state index in [0.717, 1.165) is 6.92 Å². The lowest BCUT2D eigenvalue weighted by molar-refractivity contribution is -0.0339. The van der Waals surface area contributed by atoms with E-state index in [-0.39, 0.29) is 0 Å². The first-order valence-electron chi connectivity index (χ1n) is 4.59. The Kier molecular flexibility index (Phi) is 3.96. The lowest BCUT2D eigenvalue weighted by Gasteiger charge is -2.24. The molecule has 1 aromatic rings. The van der Waals surface area contributed by atoms with Gasteiger partial charge in [-0.1, -0.05) is 30.7 Å². The van der Waals surface area contributed by atoms with Gasteiger partial charge in [0.15, 0.2) is 0 Å². The number of hydrogen-bond donors (Lipinski definition) is 0. The maximum atomic E-state index is 13.0. The molecule has 0 amide bonds. The second kappa shape index (κ2) is 4.67. The van der Waals surface area contributed by atoms with E-state index < -0.39 is 17.2 Å². The van der Waals surface area contributed by atoms with Gasteiger partial charge in [-0.3, -0.25) is 0 Å². The predicted octanol–water partition coefficient (Wildman–Crippen LogP) is 4.91. The summed E-state index contributed by atoms with van der Waals surface area (Å²) in [5, 5.41) is -0.138. The van der Waals surface area contributed by atoms with Crippen molar-refractivity contribution in [3.05, 3.63) is 34.9 Å². The summed E-state index contributed by atoms with van der Waals surface area (Å²) in [4.78, 5) is 0. The summed E-state index contributed by atoms with van der Waals surface area (Å²) in [5.41, 5.74) is 0.662. The molecule has 84 valence electrons. The first kappa shape index (κ1) is 12.7. The van der Waals surface area contributed by atoms with Crippen molar-refractivity contribution in [3.63, 3.8) is 0 Å². The summed E-state index contributed by atoms with van der Waals surface area (Å²) in [7, 11) is 0. The van der Waals surface area contributed by atoms with Crippen molar-refractivity contribution in [3.8, 4) is 0 Å². The molecule has 0 heterocycles. The van der Waals surface area contributed by atoms with Crippen LogP contribution in [-0.4, -0.2) is 5.92 Å². The monoisotopic (exact) mass is 252 g/mol. The molecule has 0 aromatic heterocycles. The first-order valence-corrected chi connectivity index (χ1v) is 5.41. The molecule has 2 unspecified atom stereocenters. The van der Waals surface area contributed by atoms with Gasteiger partial charge in [-0.05, 0) is 24.6 Å². The third kappa shape index (κ3) is 3.32. The molecule has 0 saturated heterocycles. The minimum absolute atomic E-state index is 0.568. The van der Waals surface area contributed by atoms with E-state index in [4.69, 9.17) is 23.2 Å². The van der Waals surface area contributed by atoms with Crippen LogP contribution >= 0.6 is 23.2 Å². The maximum Gasteiger partial charge on any atom is 0.249 e. The Bertz CT molecular complexity index is 316. The highest BCUT2D eigenvalue weighted by Gasteiger charge is 2.36. The van der Waals surface area contributed by atoms with Gasteiger partial charge in [-0.15, -0.1) is 11.6 Å². The molecule has 0 saturated carbocycles. The highest BCUT2D eigenvalue weighted by molar-refractivity contribution is 6.30. The van der Waals surface area contributed by atoms with Crippen LogP contribution in [0.5, 0.6) is 0 Å². The van der Waals surface area contributed by atoms with Crippen LogP contribution < -0.4 is 0 Å². The number of alkyl halides is 3. The Morgan fingerprint density at radius 1 is 1.20 bits per heavy atom. The fraction of sp³-hybridized carbons (Fsp3) is 0.455. The van der Waals surface area contributed by atoms with Crippen molar-refractivity contribution in [1.29, 1.82) is 0 Å². The molecule has 0 bridgehead atoms. The standard InChI is InChI=1S/C11H12Cl2F2/c1-7(11(2,14)15)10(13)8-3-5-9(12)6-4-8/h3-7,10H,1-2H3. The first-order chi connectivity index (χ1) is 6.82. The van der Waals surface area contributed by atoms with Crippen molar-refractivity contribution in [2.24, 2.45) is 5.92 Å². The zero-order valence-corrected chi connectivity index (χ0v) is 9.99. The van der Waals surface area contributed by atoms with E-state index in [2.05, 4.69) is 0 Å². The van der Waals surface area contributed by atoms with Gasteiger partial charge in [0.2, 0.25) is 5.92 Å². The minimum Gasteiger partial charge on any atom is -0.207 e. The fourth-order valence-corrected chi connectivity index (χ4v) is 1.68. The van der Waals surface area contributed by atoms with Crippen LogP contribution in [0.15, 0.2) is 24.3 Å². The molecular formula is C11H12Cl2F2. The van der Waals surface area contributed by atoms with Crippen molar-refractivity contribution in [2.75, 3.05) is 0 Å². The molecule has 1 rings (SSSR count). The largest absolute Gasteiger partial charge is 0.249 e. The van der Waals surface area contributed by atoms with Gasteiger partial charge in [-0.25, -0.2) is 8.78 Å². The van der Waals surface area contributed by atoms with E-state index >= 15 is 0 Å². The molecule has 0 radical (unpaired) electrons. The van der Waals surface area contributed by atoms with Gasteiger partial charge < -0.3 is 0 Å². The predicted molar refractivity (Wildman–Crippen MR) is 59.8 cm³/mol. The van der Waals surface area contributed by atoms with Gasteiger partial charge in [0.05, 0.1) is 5.38 Å². The smallest absolute Gasteiger partial charge is 0.207 e. The fourth-order valence-electron chi connectivity index (χ4n) is 1.19. The molecule has 1 aromatic carbocycles. The average Bonchev–Trinajstić information content (AvgIpc) is 2.15. The second-order valence-corrected chi connectivity index (χ2v) is 4.60. The lowest BCUT2D eigenvalue weighted by atomic mass is 9.95. The summed E-state index contributed by atoms with van der Waals surface area (Å²) in [6.45, 7) is 2.31. The molecule has 0 aliphatic heterocycles. The third-order valence-electron chi connectivity index (χ3n) is 2.43. The SMILES string of the molecule is CC(C(Cl)c1ccc(Cl)cc1)C(C)(F)F. The van der Waals surface area contributed by atoms with Crippen molar-refractivity contribution in [2.45, 2.75) is 25.1 Å². The van der Waals surface area contributed by atoms with Gasteiger partial charge in [0.25, 0.3) is 0 Å². The van der Waals surface area contributed by atoms with Gasteiger partial charge in [-0.2, -0.15) is 0 Å². The van der Waals surface area contributed by atoms with E-state index in [1.54, 1.807) is 24.3 Å². The van der Waals surface area contributed by atoms with Crippen LogP contribution in [0.1, 0.15) is 24.8 Å². The molecule has 0 spiro atoms. The molecule has 0 aliphatic rings. The summed E-state index contributed by atoms with van der Waals surface area (Å²) >= 11 is 11.7. The van der Waals surface area contributed by atoms with Crippen molar-refractivity contribution in [1.82, 2.24) is 0 Å². The topological polar surface area (TPSA) is 0 Å². The van der Waals surface area contributed by atoms with Gasteiger partial charge in [0.1, 0.15) is 0 Å². The zero-order chi connectivity index (χ0) is 11.6. The van der Waals surface area contributed by atoms with Crippen LogP contribution in [0.4, 0.5) is 8.78 Å². The summed E-state index contributed by atoms with van der Waals surface area (Å²) in [6.07, 6.45) is 0. The van der Waals surface area contributed by atoms with Crippen LogP contribution in [0.25, 0.3) is 0 Å². The average molecular weight is 253 g/mol. The van der Waals surface area contributed by atoms with Crippen LogP contribution in [0, 0.1) is 5.92 Å². The number of hydrogen-bond acceptors (Lipinski definition) is 0. The van der Waals surface area contributed by atoms with E-state index in [1.165, 1.54) is 6.92 Å². The third-order valence-corrected chi connectivity index (χ3v) is 3.31. The number of halogens is 4. The Labute approximate surface area is 98.2 Å². The Morgan fingerprint density at radius 3 is 2.07 bits per heavy atom. The van der Waals surface area contributed by atoms with Crippen molar-refractivity contribution >= 4 is 23.2 Å². The molecule has 0 fully saturated rings. The lowest BCUT2D eigenvalue weighted by Crippen LogP contribution is -2.25. The summed E-state index contributed by atoms with van der Waals surface area (Å²) < 4.78 is 26.0. The van der Waals surface area contributed by atoms with Crippen LogP contribution in [0.3, 0.4) is 0 Å². The van der Waals surface area contributed by atoms with Gasteiger partial charge >= 0.3 is 0 Å². The highest BCUT2D eigenvalue weighted by Crippen LogP contribution is 2.38. The zero-order valence-electron chi connectivity index (χ0n) is 8.48. The summed E-state index contributed by atoms with van der Waals surface area (Å²) in [5.74, 6) is -3.70. The number of benzene rings is 1. The highest BCUT2D eigenvalue weighted by atomic mass is 35.5. The minimum atomic E-state index is -2.79. The normalized spacial score (nSPS) is 16.1. The second-order valence-electron chi connectivity index (χ2n) is 3.70.